The molecule has 37 heavy (non-hydrogen) atoms. The largest absolute Gasteiger partial charge is 0.507 e. The third kappa shape index (κ3) is 4.92. The normalized spacial score (nSPS) is 16.4. The Kier molecular flexibility index (Phi) is 6.80. The summed E-state index contributed by atoms with van der Waals surface area (Å²) in [5, 5.41) is 11.1. The number of carbonyl (C=O) groups excluding carboxylic acids is 1. The summed E-state index contributed by atoms with van der Waals surface area (Å²) in [4.78, 5) is 31.8. The van der Waals surface area contributed by atoms with E-state index < -0.39 is 12.0 Å². The fourth-order valence-corrected chi connectivity index (χ4v) is 5.72. The van der Waals surface area contributed by atoms with Crippen LogP contribution in [0.15, 0.2) is 63.5 Å². The van der Waals surface area contributed by atoms with Crippen molar-refractivity contribution >= 4 is 23.4 Å². The van der Waals surface area contributed by atoms with E-state index in [1.807, 2.05) is 48.5 Å². The number of phenolic OH excluding ortho intramolecular Hbond substituents is 1. The first-order valence-electron chi connectivity index (χ1n) is 12.3. The third-order valence-corrected chi connectivity index (χ3v) is 7.57. The van der Waals surface area contributed by atoms with E-state index in [1.54, 1.807) is 11.5 Å². The molecular formula is C30H34N2O4S. The molecule has 0 fully saturated rings. The lowest BCUT2D eigenvalue weighted by atomic mass is 9.78. The molecule has 1 unspecified atom stereocenters. The highest BCUT2D eigenvalue weighted by Gasteiger charge is 2.33. The second-order valence-corrected chi connectivity index (χ2v) is 12.5. The Balaban J connectivity index is 2.00. The van der Waals surface area contributed by atoms with Crippen molar-refractivity contribution in [1.82, 2.24) is 4.57 Å². The van der Waals surface area contributed by atoms with Gasteiger partial charge in [-0.3, -0.25) is 9.36 Å². The molecule has 0 spiro atoms. The highest BCUT2D eigenvalue weighted by Crippen LogP contribution is 2.40. The van der Waals surface area contributed by atoms with Gasteiger partial charge in [0.25, 0.3) is 5.56 Å². The summed E-state index contributed by atoms with van der Waals surface area (Å²) in [6.45, 7) is 14.1. The number of thiazole rings is 1. The molecule has 1 N–H and O–H groups in total. The molecular weight excluding hydrogens is 484 g/mol. The maximum absolute atomic E-state index is 13.9. The van der Waals surface area contributed by atoms with Gasteiger partial charge in [0.1, 0.15) is 5.75 Å². The van der Waals surface area contributed by atoms with E-state index >= 15 is 0 Å². The van der Waals surface area contributed by atoms with E-state index in [4.69, 9.17) is 4.74 Å². The lowest BCUT2D eigenvalue weighted by molar-refractivity contribution is -0.136. The van der Waals surface area contributed by atoms with Gasteiger partial charge in [-0.2, -0.15) is 0 Å². The molecule has 0 bridgehead atoms. The summed E-state index contributed by atoms with van der Waals surface area (Å²) in [7, 11) is 1.33. The van der Waals surface area contributed by atoms with Gasteiger partial charge in [-0.25, -0.2) is 9.79 Å². The number of aromatic hydroxyl groups is 1. The van der Waals surface area contributed by atoms with Gasteiger partial charge < -0.3 is 9.84 Å². The van der Waals surface area contributed by atoms with Gasteiger partial charge >= 0.3 is 5.97 Å². The smallest absolute Gasteiger partial charge is 0.338 e. The molecule has 2 heterocycles. The molecule has 6 nitrogen and oxygen atoms in total. The maximum Gasteiger partial charge on any atom is 0.338 e. The van der Waals surface area contributed by atoms with Crippen LogP contribution >= 0.6 is 11.3 Å². The SMILES string of the molecule is COC(=O)C1=C(C)N=c2s/c(=C/c3cc(C(C)(C)C)c(O)c(C(C)(C)C)c3)c(=O)n2C1c1ccccc1. The van der Waals surface area contributed by atoms with Crippen molar-refractivity contribution < 1.29 is 14.6 Å². The van der Waals surface area contributed by atoms with Crippen LogP contribution in [-0.2, 0) is 20.4 Å². The number of nitrogens with zero attached hydrogens (tertiary/aromatic N) is 2. The molecule has 0 amide bonds. The highest BCUT2D eigenvalue weighted by atomic mass is 32.1. The van der Waals surface area contributed by atoms with Crippen molar-refractivity contribution in [2.45, 2.75) is 65.3 Å². The number of phenols is 1. The van der Waals surface area contributed by atoms with Gasteiger partial charge in [0.15, 0.2) is 4.80 Å². The Morgan fingerprint density at radius 2 is 1.62 bits per heavy atom. The predicted octanol–water partition coefficient (Wildman–Crippen LogP) is 4.71. The molecule has 194 valence electrons. The number of rotatable bonds is 3. The van der Waals surface area contributed by atoms with Gasteiger partial charge in [-0.15, -0.1) is 0 Å². The molecule has 0 radical (unpaired) electrons. The molecule has 2 aromatic carbocycles. The first-order valence-corrected chi connectivity index (χ1v) is 13.1. The van der Waals surface area contributed by atoms with E-state index in [9.17, 15) is 14.7 Å². The Bertz CT molecular complexity index is 1540. The van der Waals surface area contributed by atoms with E-state index in [-0.39, 0.29) is 16.4 Å². The second-order valence-electron chi connectivity index (χ2n) is 11.4. The van der Waals surface area contributed by atoms with Gasteiger partial charge in [0.2, 0.25) is 0 Å². The van der Waals surface area contributed by atoms with E-state index in [1.165, 1.54) is 18.4 Å². The minimum Gasteiger partial charge on any atom is -0.507 e. The fraction of sp³-hybridized carbons (Fsp3) is 0.367. The zero-order valence-electron chi connectivity index (χ0n) is 22.7. The topological polar surface area (TPSA) is 80.9 Å². The van der Waals surface area contributed by atoms with Crippen molar-refractivity contribution in [3.63, 3.8) is 0 Å². The molecule has 0 saturated heterocycles. The van der Waals surface area contributed by atoms with Crippen molar-refractivity contribution in [1.29, 1.82) is 0 Å². The van der Waals surface area contributed by atoms with Gasteiger partial charge in [-0.1, -0.05) is 83.2 Å². The Hall–Kier alpha value is -3.45. The van der Waals surface area contributed by atoms with Crippen LogP contribution in [0.25, 0.3) is 6.08 Å². The number of esters is 1. The van der Waals surface area contributed by atoms with Crippen LogP contribution in [0.2, 0.25) is 0 Å². The highest BCUT2D eigenvalue weighted by molar-refractivity contribution is 7.07. The molecule has 7 heteroatoms. The fourth-order valence-electron chi connectivity index (χ4n) is 4.68. The van der Waals surface area contributed by atoms with Crippen LogP contribution in [0.4, 0.5) is 0 Å². The zero-order valence-corrected chi connectivity index (χ0v) is 23.5. The quantitative estimate of drug-likeness (QED) is 0.510. The number of benzene rings is 2. The number of aromatic nitrogens is 1. The van der Waals surface area contributed by atoms with Crippen molar-refractivity contribution in [3.05, 3.63) is 95.7 Å². The Labute approximate surface area is 221 Å². The first-order chi connectivity index (χ1) is 17.2. The minimum absolute atomic E-state index is 0.228. The number of hydrogen-bond donors (Lipinski definition) is 1. The number of methoxy groups -OCH3 is 1. The van der Waals surface area contributed by atoms with Crippen LogP contribution in [-0.4, -0.2) is 22.8 Å². The molecule has 1 aliphatic rings. The lowest BCUT2D eigenvalue weighted by Gasteiger charge is -2.27. The van der Waals surface area contributed by atoms with E-state index in [2.05, 4.69) is 46.5 Å². The summed E-state index contributed by atoms with van der Waals surface area (Å²) in [5.74, 6) is -0.214. The van der Waals surface area contributed by atoms with Crippen LogP contribution in [0.5, 0.6) is 5.75 Å². The van der Waals surface area contributed by atoms with Crippen molar-refractivity contribution in [3.8, 4) is 5.75 Å². The molecule has 1 atom stereocenters. The van der Waals surface area contributed by atoms with Crippen molar-refractivity contribution in [2.75, 3.05) is 7.11 Å². The van der Waals surface area contributed by atoms with Crippen LogP contribution in [0.3, 0.4) is 0 Å². The number of carbonyl (C=O) groups is 1. The molecule has 1 aliphatic heterocycles. The van der Waals surface area contributed by atoms with Gasteiger partial charge in [0.05, 0.1) is 29.0 Å². The number of ether oxygens (including phenoxy) is 1. The lowest BCUT2D eigenvalue weighted by Crippen LogP contribution is -2.39. The standard InChI is InChI=1S/C30H34N2O4S/c1-17-23(27(35)36-8)24(19-12-10-9-11-13-19)32-26(34)22(37-28(32)31-17)16-18-14-20(29(2,3)4)25(33)21(15-18)30(5,6)7/h9-16,24,33H,1-8H3/b22-16+. The average Bonchev–Trinajstić information content (AvgIpc) is 3.12. The Morgan fingerprint density at radius 1 is 1.05 bits per heavy atom. The Morgan fingerprint density at radius 3 is 2.14 bits per heavy atom. The zero-order chi connectivity index (χ0) is 27.3. The van der Waals surface area contributed by atoms with Gasteiger partial charge in [-0.05, 0) is 47.1 Å². The predicted molar refractivity (Wildman–Crippen MR) is 148 cm³/mol. The monoisotopic (exact) mass is 518 g/mol. The summed E-state index contributed by atoms with van der Waals surface area (Å²) in [5.41, 5.74) is 3.36. The first kappa shape index (κ1) is 26.6. The summed E-state index contributed by atoms with van der Waals surface area (Å²) in [6.07, 6.45) is 1.85. The van der Waals surface area contributed by atoms with Crippen LogP contribution in [0.1, 0.15) is 76.8 Å². The van der Waals surface area contributed by atoms with Gasteiger partial charge in [0, 0.05) is 11.1 Å². The molecule has 1 aromatic heterocycles. The second kappa shape index (κ2) is 9.45. The van der Waals surface area contributed by atoms with Crippen LogP contribution in [0, 0.1) is 0 Å². The van der Waals surface area contributed by atoms with Crippen molar-refractivity contribution in [2.24, 2.45) is 4.99 Å². The average molecular weight is 519 g/mol. The molecule has 0 aliphatic carbocycles. The van der Waals surface area contributed by atoms with E-state index in [0.717, 1.165) is 22.3 Å². The van der Waals surface area contributed by atoms with Crippen LogP contribution < -0.4 is 14.9 Å². The molecule has 0 saturated carbocycles. The number of hydrogen-bond acceptors (Lipinski definition) is 6. The third-order valence-electron chi connectivity index (χ3n) is 6.59. The maximum atomic E-state index is 13.9. The minimum atomic E-state index is -0.637. The summed E-state index contributed by atoms with van der Waals surface area (Å²) >= 11 is 1.29. The summed E-state index contributed by atoms with van der Waals surface area (Å²) < 4.78 is 7.16. The molecule has 4 rings (SSSR count). The number of allylic oxidation sites excluding steroid dienone is 1. The van der Waals surface area contributed by atoms with E-state index in [0.29, 0.717) is 26.4 Å². The molecule has 3 aromatic rings. The number of fused-ring (bicyclic) bond motifs is 1. The summed E-state index contributed by atoms with van der Waals surface area (Å²) in [6, 6.07) is 12.7.